The predicted molar refractivity (Wildman–Crippen MR) is 111 cm³/mol. The molecule has 0 spiro atoms. The van der Waals surface area contributed by atoms with Gasteiger partial charge in [-0.05, 0) is 66.9 Å². The molecular formula is C23H31OP. The Morgan fingerprint density at radius 1 is 0.920 bits per heavy atom. The average molecular weight is 354 g/mol. The lowest BCUT2D eigenvalue weighted by atomic mass is 9.77. The van der Waals surface area contributed by atoms with Crippen LogP contribution in [0.25, 0.3) is 0 Å². The summed E-state index contributed by atoms with van der Waals surface area (Å²) in [5.41, 5.74) is 0.773. The molecule has 1 fully saturated rings. The van der Waals surface area contributed by atoms with Crippen molar-refractivity contribution in [1.82, 2.24) is 0 Å². The number of rotatable bonds is 5. The molecular weight excluding hydrogens is 323 g/mol. The van der Waals surface area contributed by atoms with Gasteiger partial charge in [-0.15, -0.1) is 0 Å². The first-order valence-corrected chi connectivity index (χ1v) is 11.0. The summed E-state index contributed by atoms with van der Waals surface area (Å²) in [6, 6.07) is 20.1. The van der Waals surface area contributed by atoms with Gasteiger partial charge in [-0.3, -0.25) is 0 Å². The molecule has 0 bridgehead atoms. The lowest BCUT2D eigenvalue weighted by Gasteiger charge is -2.42. The first-order valence-electron chi connectivity index (χ1n) is 9.58. The summed E-state index contributed by atoms with van der Waals surface area (Å²) >= 11 is 0. The van der Waals surface area contributed by atoms with Gasteiger partial charge in [0.25, 0.3) is 0 Å². The van der Waals surface area contributed by atoms with E-state index in [9.17, 15) is 0 Å². The minimum atomic E-state index is -0.340. The molecule has 1 saturated carbocycles. The van der Waals surface area contributed by atoms with E-state index < -0.39 is 0 Å². The topological polar surface area (TPSA) is 9.23 Å². The van der Waals surface area contributed by atoms with E-state index >= 15 is 0 Å². The van der Waals surface area contributed by atoms with Crippen molar-refractivity contribution >= 4 is 18.5 Å². The molecule has 2 aromatic carbocycles. The Labute approximate surface area is 154 Å². The maximum Gasteiger partial charge on any atom is 0.118 e. The van der Waals surface area contributed by atoms with E-state index in [4.69, 9.17) is 4.74 Å². The van der Waals surface area contributed by atoms with E-state index in [1.165, 1.54) is 29.9 Å². The van der Waals surface area contributed by atoms with E-state index in [-0.39, 0.29) is 7.92 Å². The highest BCUT2D eigenvalue weighted by molar-refractivity contribution is 7.73. The lowest BCUT2D eigenvalue weighted by molar-refractivity contribution is 0.242. The fourth-order valence-corrected chi connectivity index (χ4v) is 7.79. The van der Waals surface area contributed by atoms with Gasteiger partial charge < -0.3 is 4.74 Å². The molecule has 2 heteroatoms. The molecule has 0 amide bonds. The molecule has 0 N–H and O–H groups in total. The van der Waals surface area contributed by atoms with Crippen LogP contribution >= 0.6 is 7.92 Å². The molecule has 1 aliphatic rings. The molecule has 4 unspecified atom stereocenters. The summed E-state index contributed by atoms with van der Waals surface area (Å²) in [4.78, 5) is 0. The van der Waals surface area contributed by atoms with E-state index in [1.54, 1.807) is 7.11 Å². The standard InChI is InChI=1S/C23H31OP/c1-17(2)22-15-10-18(3)16-23(22)25(20-8-6-5-7-9-20)21-13-11-19(24-4)12-14-21/h5-9,11-14,17-18,22-23H,10,15-16H2,1-4H3. The van der Waals surface area contributed by atoms with E-state index in [0.29, 0.717) is 0 Å². The summed E-state index contributed by atoms with van der Waals surface area (Å²) in [5, 5.41) is 3.01. The number of benzene rings is 2. The number of hydrogen-bond donors (Lipinski definition) is 0. The molecule has 0 radical (unpaired) electrons. The average Bonchev–Trinajstić information content (AvgIpc) is 2.63. The van der Waals surface area contributed by atoms with Crippen molar-refractivity contribution in [2.45, 2.75) is 45.7 Å². The van der Waals surface area contributed by atoms with Crippen molar-refractivity contribution in [2.75, 3.05) is 7.11 Å². The Morgan fingerprint density at radius 3 is 2.16 bits per heavy atom. The fraction of sp³-hybridized carbons (Fsp3) is 0.478. The maximum atomic E-state index is 5.38. The molecule has 0 saturated heterocycles. The lowest BCUT2D eigenvalue weighted by Crippen LogP contribution is -2.35. The van der Waals surface area contributed by atoms with Crippen molar-refractivity contribution in [2.24, 2.45) is 17.8 Å². The molecule has 134 valence electrons. The third-order valence-electron chi connectivity index (χ3n) is 5.70. The van der Waals surface area contributed by atoms with Crippen molar-refractivity contribution in [3.63, 3.8) is 0 Å². The van der Waals surface area contributed by atoms with Crippen LogP contribution in [0.15, 0.2) is 54.6 Å². The predicted octanol–water partition coefficient (Wildman–Crippen LogP) is 5.59. The van der Waals surface area contributed by atoms with Crippen molar-refractivity contribution in [1.29, 1.82) is 0 Å². The Bertz CT molecular complexity index is 650. The molecule has 0 aliphatic heterocycles. The second-order valence-corrected chi connectivity index (χ2v) is 10.2. The van der Waals surface area contributed by atoms with Crippen LogP contribution in [0, 0.1) is 17.8 Å². The Hall–Kier alpha value is -1.33. The fourth-order valence-electron chi connectivity index (χ4n) is 4.31. The van der Waals surface area contributed by atoms with Gasteiger partial charge in [0.15, 0.2) is 0 Å². The maximum absolute atomic E-state index is 5.38. The second kappa shape index (κ2) is 8.37. The summed E-state index contributed by atoms with van der Waals surface area (Å²) in [6.45, 7) is 7.27. The molecule has 0 heterocycles. The van der Waals surface area contributed by atoms with Gasteiger partial charge >= 0.3 is 0 Å². The van der Waals surface area contributed by atoms with Crippen LogP contribution in [0.1, 0.15) is 40.0 Å². The summed E-state index contributed by atoms with van der Waals surface area (Å²) < 4.78 is 5.38. The quantitative estimate of drug-likeness (QED) is 0.636. The van der Waals surface area contributed by atoms with Gasteiger partial charge in [0.2, 0.25) is 0 Å². The highest BCUT2D eigenvalue weighted by Gasteiger charge is 2.37. The van der Waals surface area contributed by atoms with Gasteiger partial charge in [0.05, 0.1) is 7.11 Å². The number of hydrogen-bond acceptors (Lipinski definition) is 1. The SMILES string of the molecule is COc1ccc(P(c2ccccc2)C2CC(C)CCC2C(C)C)cc1. The minimum Gasteiger partial charge on any atom is -0.497 e. The van der Waals surface area contributed by atoms with Crippen molar-refractivity contribution < 1.29 is 4.74 Å². The zero-order valence-electron chi connectivity index (χ0n) is 16.0. The van der Waals surface area contributed by atoms with E-state index in [1.807, 2.05) is 0 Å². The van der Waals surface area contributed by atoms with E-state index in [2.05, 4.69) is 75.4 Å². The first-order chi connectivity index (χ1) is 12.1. The van der Waals surface area contributed by atoms with Crippen LogP contribution in [-0.4, -0.2) is 12.8 Å². The molecule has 25 heavy (non-hydrogen) atoms. The summed E-state index contributed by atoms with van der Waals surface area (Å²) in [6.07, 6.45) is 4.13. The van der Waals surface area contributed by atoms with Crippen LogP contribution in [-0.2, 0) is 0 Å². The summed E-state index contributed by atoms with van der Waals surface area (Å²) in [7, 11) is 1.40. The van der Waals surface area contributed by atoms with Crippen LogP contribution in [0.4, 0.5) is 0 Å². The molecule has 4 atom stereocenters. The molecule has 2 aromatic rings. The third-order valence-corrected chi connectivity index (χ3v) is 8.67. The first kappa shape index (κ1) is 18.5. The zero-order chi connectivity index (χ0) is 17.8. The molecule has 0 aromatic heterocycles. The molecule has 1 nitrogen and oxygen atoms in total. The van der Waals surface area contributed by atoms with Crippen LogP contribution in [0.5, 0.6) is 5.75 Å². The van der Waals surface area contributed by atoms with Crippen LogP contribution in [0.3, 0.4) is 0 Å². The smallest absolute Gasteiger partial charge is 0.118 e. The Morgan fingerprint density at radius 2 is 1.56 bits per heavy atom. The van der Waals surface area contributed by atoms with E-state index in [0.717, 1.165) is 29.2 Å². The molecule has 3 rings (SSSR count). The Kier molecular flexibility index (Phi) is 6.18. The van der Waals surface area contributed by atoms with Gasteiger partial charge in [-0.25, -0.2) is 0 Å². The van der Waals surface area contributed by atoms with Crippen LogP contribution < -0.4 is 15.3 Å². The Balaban J connectivity index is 2.02. The summed E-state index contributed by atoms with van der Waals surface area (Å²) in [5.74, 6) is 3.37. The van der Waals surface area contributed by atoms with Crippen molar-refractivity contribution in [3.05, 3.63) is 54.6 Å². The zero-order valence-corrected chi connectivity index (χ0v) is 16.9. The highest BCUT2D eigenvalue weighted by Crippen LogP contribution is 2.52. The van der Waals surface area contributed by atoms with Gasteiger partial charge in [-0.1, -0.05) is 69.7 Å². The third kappa shape index (κ3) is 4.26. The minimum absolute atomic E-state index is 0.340. The number of methoxy groups -OCH3 is 1. The molecule has 1 aliphatic carbocycles. The monoisotopic (exact) mass is 354 g/mol. The number of ether oxygens (including phenoxy) is 1. The van der Waals surface area contributed by atoms with Gasteiger partial charge in [0, 0.05) is 0 Å². The van der Waals surface area contributed by atoms with Gasteiger partial charge in [-0.2, -0.15) is 0 Å². The van der Waals surface area contributed by atoms with Gasteiger partial charge in [0.1, 0.15) is 5.75 Å². The largest absolute Gasteiger partial charge is 0.497 e. The second-order valence-electron chi connectivity index (χ2n) is 7.80. The normalized spacial score (nSPS) is 24.9. The van der Waals surface area contributed by atoms with Crippen molar-refractivity contribution in [3.8, 4) is 5.75 Å². The highest BCUT2D eigenvalue weighted by atomic mass is 31.1. The van der Waals surface area contributed by atoms with Crippen LogP contribution in [0.2, 0.25) is 0 Å².